The number of carbonyl (C=O) groups is 1. The van der Waals surface area contributed by atoms with Gasteiger partial charge < -0.3 is 20.2 Å². The molecule has 0 aliphatic carbocycles. The Hall–Kier alpha value is -2.50. The van der Waals surface area contributed by atoms with Gasteiger partial charge in [0.05, 0.1) is 36.8 Å². The van der Waals surface area contributed by atoms with Gasteiger partial charge in [-0.05, 0) is 18.2 Å². The molecule has 6 heteroatoms. The van der Waals surface area contributed by atoms with E-state index in [1.165, 1.54) is 13.5 Å². The highest BCUT2D eigenvalue weighted by atomic mass is 16.5. The predicted octanol–water partition coefficient (Wildman–Crippen LogP) is 1.66. The highest BCUT2D eigenvalue weighted by molar-refractivity contribution is 5.91. The van der Waals surface area contributed by atoms with Crippen LogP contribution in [0.4, 0.5) is 11.4 Å². The van der Waals surface area contributed by atoms with E-state index < -0.39 is 5.97 Å². The second kappa shape index (κ2) is 5.22. The van der Waals surface area contributed by atoms with Crippen LogP contribution < -0.4 is 11.1 Å². The SMILES string of the molecule is COC(=O)c1ccc(N)c(NCc2cnco2)c1. The van der Waals surface area contributed by atoms with E-state index in [0.29, 0.717) is 29.2 Å². The van der Waals surface area contributed by atoms with Crippen molar-refractivity contribution in [2.75, 3.05) is 18.2 Å². The molecular formula is C12H13N3O3. The van der Waals surface area contributed by atoms with Gasteiger partial charge in [-0.2, -0.15) is 0 Å². The van der Waals surface area contributed by atoms with Gasteiger partial charge >= 0.3 is 5.97 Å². The molecule has 0 saturated carbocycles. The summed E-state index contributed by atoms with van der Waals surface area (Å²) >= 11 is 0. The number of nitrogens with one attached hydrogen (secondary N) is 1. The summed E-state index contributed by atoms with van der Waals surface area (Å²) in [6, 6.07) is 4.90. The Morgan fingerprint density at radius 3 is 3.06 bits per heavy atom. The maximum atomic E-state index is 11.4. The minimum absolute atomic E-state index is 0.405. The standard InChI is InChI=1S/C12H13N3O3/c1-17-12(16)8-2-3-10(13)11(4-8)15-6-9-5-14-7-18-9/h2-5,7,15H,6,13H2,1H3. The zero-order valence-electron chi connectivity index (χ0n) is 9.84. The number of rotatable bonds is 4. The summed E-state index contributed by atoms with van der Waals surface area (Å²) in [5.41, 5.74) is 7.44. The molecule has 1 heterocycles. The molecule has 1 aromatic heterocycles. The first-order chi connectivity index (χ1) is 8.70. The molecule has 6 nitrogen and oxygen atoms in total. The molecule has 0 saturated heterocycles. The van der Waals surface area contributed by atoms with Crippen LogP contribution in [0.2, 0.25) is 0 Å². The highest BCUT2D eigenvalue weighted by Crippen LogP contribution is 2.21. The number of nitrogen functional groups attached to an aromatic ring is 1. The van der Waals surface area contributed by atoms with E-state index in [1.54, 1.807) is 24.4 Å². The van der Waals surface area contributed by atoms with Crippen molar-refractivity contribution >= 4 is 17.3 Å². The Bertz CT molecular complexity index is 538. The molecule has 2 rings (SSSR count). The third-order valence-corrected chi connectivity index (χ3v) is 2.41. The molecule has 0 bridgehead atoms. The number of nitrogens with zero attached hydrogens (tertiary/aromatic N) is 1. The Labute approximate surface area is 104 Å². The monoisotopic (exact) mass is 247 g/mol. The maximum Gasteiger partial charge on any atom is 0.337 e. The van der Waals surface area contributed by atoms with Crippen LogP contribution in [0.25, 0.3) is 0 Å². The van der Waals surface area contributed by atoms with Gasteiger partial charge in [0.15, 0.2) is 6.39 Å². The Morgan fingerprint density at radius 2 is 2.39 bits per heavy atom. The van der Waals surface area contributed by atoms with Crippen molar-refractivity contribution in [3.63, 3.8) is 0 Å². The van der Waals surface area contributed by atoms with Crippen molar-refractivity contribution in [3.05, 3.63) is 42.1 Å². The van der Waals surface area contributed by atoms with E-state index in [0.717, 1.165) is 0 Å². The lowest BCUT2D eigenvalue weighted by atomic mass is 10.1. The lowest BCUT2D eigenvalue weighted by Gasteiger charge is -2.09. The van der Waals surface area contributed by atoms with Crippen molar-refractivity contribution in [2.24, 2.45) is 0 Å². The molecule has 94 valence electrons. The first-order valence-corrected chi connectivity index (χ1v) is 5.30. The first-order valence-electron chi connectivity index (χ1n) is 5.30. The average molecular weight is 247 g/mol. The maximum absolute atomic E-state index is 11.4. The van der Waals surface area contributed by atoms with Crippen molar-refractivity contribution in [2.45, 2.75) is 6.54 Å². The van der Waals surface area contributed by atoms with E-state index in [-0.39, 0.29) is 0 Å². The number of carbonyl (C=O) groups excluding carboxylic acids is 1. The third kappa shape index (κ3) is 2.60. The van der Waals surface area contributed by atoms with Crippen molar-refractivity contribution in [3.8, 4) is 0 Å². The number of nitrogens with two attached hydrogens (primary N) is 1. The van der Waals surface area contributed by atoms with Gasteiger partial charge in [-0.15, -0.1) is 0 Å². The number of aromatic nitrogens is 1. The molecule has 18 heavy (non-hydrogen) atoms. The van der Waals surface area contributed by atoms with Crippen LogP contribution in [0.15, 0.2) is 35.2 Å². The number of benzene rings is 1. The predicted molar refractivity (Wildman–Crippen MR) is 66.0 cm³/mol. The fraction of sp³-hybridized carbons (Fsp3) is 0.167. The quantitative estimate of drug-likeness (QED) is 0.630. The van der Waals surface area contributed by atoms with E-state index >= 15 is 0 Å². The van der Waals surface area contributed by atoms with Gasteiger partial charge in [0.25, 0.3) is 0 Å². The molecule has 0 aliphatic heterocycles. The van der Waals surface area contributed by atoms with E-state index in [2.05, 4.69) is 15.0 Å². The smallest absolute Gasteiger partial charge is 0.337 e. The molecule has 2 aromatic rings. The summed E-state index contributed by atoms with van der Waals surface area (Å²) in [4.78, 5) is 15.2. The lowest BCUT2D eigenvalue weighted by Crippen LogP contribution is -2.06. The minimum atomic E-state index is -0.405. The van der Waals surface area contributed by atoms with Crippen LogP contribution in [0.1, 0.15) is 16.1 Å². The Balaban J connectivity index is 2.13. The summed E-state index contributed by atoms with van der Waals surface area (Å²) in [5.74, 6) is 0.274. The Kier molecular flexibility index (Phi) is 3.47. The van der Waals surface area contributed by atoms with Crippen LogP contribution in [0.5, 0.6) is 0 Å². The second-order valence-corrected chi connectivity index (χ2v) is 3.61. The van der Waals surface area contributed by atoms with E-state index in [1.807, 2.05) is 0 Å². The fourth-order valence-corrected chi connectivity index (χ4v) is 1.47. The van der Waals surface area contributed by atoms with Crippen LogP contribution in [0.3, 0.4) is 0 Å². The zero-order valence-corrected chi connectivity index (χ0v) is 9.84. The second-order valence-electron chi connectivity index (χ2n) is 3.61. The van der Waals surface area contributed by atoms with Crippen LogP contribution in [-0.4, -0.2) is 18.1 Å². The first kappa shape index (κ1) is 12.0. The number of hydrogen-bond acceptors (Lipinski definition) is 6. The molecule has 3 N–H and O–H groups in total. The summed E-state index contributed by atoms with van der Waals surface area (Å²) < 4.78 is 9.73. The molecule has 0 atom stereocenters. The summed E-state index contributed by atoms with van der Waals surface area (Å²) in [5, 5.41) is 3.07. The van der Waals surface area contributed by atoms with Gasteiger partial charge in [0.2, 0.25) is 0 Å². The molecular weight excluding hydrogens is 234 g/mol. The minimum Gasteiger partial charge on any atom is -0.465 e. The molecule has 0 radical (unpaired) electrons. The van der Waals surface area contributed by atoms with Crippen LogP contribution in [0, 0.1) is 0 Å². The number of hydrogen-bond donors (Lipinski definition) is 2. The third-order valence-electron chi connectivity index (χ3n) is 2.41. The number of esters is 1. The molecule has 0 aliphatic rings. The molecule has 1 aromatic carbocycles. The normalized spacial score (nSPS) is 10.1. The topological polar surface area (TPSA) is 90.4 Å². The summed E-state index contributed by atoms with van der Waals surface area (Å²) in [6.07, 6.45) is 2.96. The lowest BCUT2D eigenvalue weighted by molar-refractivity contribution is 0.0601. The average Bonchev–Trinajstić information content (AvgIpc) is 2.90. The van der Waals surface area contributed by atoms with Gasteiger partial charge in [-0.3, -0.25) is 0 Å². The molecule has 0 fully saturated rings. The summed E-state index contributed by atoms with van der Waals surface area (Å²) in [7, 11) is 1.33. The largest absolute Gasteiger partial charge is 0.465 e. The van der Waals surface area contributed by atoms with Gasteiger partial charge in [-0.25, -0.2) is 9.78 Å². The Morgan fingerprint density at radius 1 is 1.56 bits per heavy atom. The number of anilines is 2. The number of ether oxygens (including phenoxy) is 1. The van der Waals surface area contributed by atoms with Gasteiger partial charge in [0.1, 0.15) is 5.76 Å². The molecule has 0 spiro atoms. The van der Waals surface area contributed by atoms with E-state index in [9.17, 15) is 4.79 Å². The number of methoxy groups -OCH3 is 1. The van der Waals surface area contributed by atoms with Crippen LogP contribution in [-0.2, 0) is 11.3 Å². The fourth-order valence-electron chi connectivity index (χ4n) is 1.47. The van der Waals surface area contributed by atoms with Gasteiger partial charge in [0, 0.05) is 0 Å². The van der Waals surface area contributed by atoms with Crippen LogP contribution >= 0.6 is 0 Å². The van der Waals surface area contributed by atoms with Crippen molar-refractivity contribution in [1.29, 1.82) is 0 Å². The zero-order chi connectivity index (χ0) is 13.0. The van der Waals surface area contributed by atoms with E-state index in [4.69, 9.17) is 10.2 Å². The van der Waals surface area contributed by atoms with Crippen molar-refractivity contribution < 1.29 is 13.9 Å². The highest BCUT2D eigenvalue weighted by Gasteiger charge is 2.08. The number of oxazole rings is 1. The molecule has 0 unspecified atom stereocenters. The van der Waals surface area contributed by atoms with Crippen molar-refractivity contribution in [1.82, 2.24) is 4.98 Å². The summed E-state index contributed by atoms with van der Waals surface area (Å²) in [6.45, 7) is 0.439. The van der Waals surface area contributed by atoms with Gasteiger partial charge in [-0.1, -0.05) is 0 Å². The molecule has 0 amide bonds.